The molecule has 0 atom stereocenters. The molecule has 0 bridgehead atoms. The lowest BCUT2D eigenvalue weighted by molar-refractivity contribution is 0.415. The number of ether oxygens (including phenoxy) is 1. The molecule has 0 unspecified atom stereocenters. The van der Waals surface area contributed by atoms with Crippen LogP contribution in [0.1, 0.15) is 25.0 Å². The smallest absolute Gasteiger partial charge is 0.119 e. The van der Waals surface area contributed by atoms with Crippen molar-refractivity contribution in [2.45, 2.75) is 19.3 Å². The van der Waals surface area contributed by atoms with E-state index in [1.807, 2.05) is 12.1 Å². The van der Waals surface area contributed by atoms with E-state index in [1.54, 1.807) is 7.11 Å². The van der Waals surface area contributed by atoms with Crippen LogP contribution in [0.5, 0.6) is 5.75 Å². The number of nitrogens with one attached hydrogen (secondary N) is 1. The molecule has 1 N–H and O–H groups in total. The van der Waals surface area contributed by atoms with E-state index in [4.69, 9.17) is 4.74 Å². The van der Waals surface area contributed by atoms with Crippen LogP contribution in [0.4, 0.5) is 28.4 Å². The molecule has 1 aliphatic rings. The molecule has 7 aromatic carbocycles. The fraction of sp³-hybridized carbons (Fsp3) is 0.0952. The summed E-state index contributed by atoms with van der Waals surface area (Å²) in [6, 6.07) is 52.1. The van der Waals surface area contributed by atoms with Crippen molar-refractivity contribution in [3.8, 4) is 16.9 Å². The standard InChI is InChI=1S/C42H34N2O/c1-42(2)38-21-13-12-18-32(38)35-26-37-36(27-39(35)42)40(43-28-14-6-4-7-15-28)33-19-10-11-20-34(33)41(37)44(29-16-8-5-9-17-29)30-22-24-31(45-3)25-23-30/h4-27,43H,1-3H3. The van der Waals surface area contributed by atoms with Crippen LogP contribution in [-0.2, 0) is 5.41 Å². The fourth-order valence-electron chi connectivity index (χ4n) is 7.11. The van der Waals surface area contributed by atoms with Gasteiger partial charge in [0.1, 0.15) is 5.75 Å². The number of hydrogen-bond donors (Lipinski definition) is 1. The van der Waals surface area contributed by atoms with Crippen LogP contribution in [0.25, 0.3) is 32.7 Å². The summed E-state index contributed by atoms with van der Waals surface area (Å²) in [4.78, 5) is 2.40. The van der Waals surface area contributed by atoms with E-state index in [1.165, 1.54) is 43.8 Å². The molecule has 0 aliphatic heterocycles. The van der Waals surface area contributed by atoms with Crippen LogP contribution in [-0.4, -0.2) is 7.11 Å². The predicted molar refractivity (Wildman–Crippen MR) is 190 cm³/mol. The summed E-state index contributed by atoms with van der Waals surface area (Å²) in [5.74, 6) is 0.834. The number of methoxy groups -OCH3 is 1. The van der Waals surface area contributed by atoms with E-state index in [2.05, 4.69) is 158 Å². The maximum Gasteiger partial charge on any atom is 0.119 e. The van der Waals surface area contributed by atoms with Crippen molar-refractivity contribution in [1.29, 1.82) is 0 Å². The van der Waals surface area contributed by atoms with Gasteiger partial charge in [-0.3, -0.25) is 0 Å². The summed E-state index contributed by atoms with van der Waals surface area (Å²) in [5, 5.41) is 8.59. The molecule has 218 valence electrons. The summed E-state index contributed by atoms with van der Waals surface area (Å²) in [7, 11) is 1.71. The zero-order valence-electron chi connectivity index (χ0n) is 25.7. The normalized spacial score (nSPS) is 13.0. The molecule has 0 spiro atoms. The Morgan fingerprint density at radius 3 is 1.89 bits per heavy atom. The third kappa shape index (κ3) is 4.35. The molecular weight excluding hydrogens is 548 g/mol. The lowest BCUT2D eigenvalue weighted by atomic mass is 9.81. The Morgan fingerprint density at radius 2 is 1.16 bits per heavy atom. The summed E-state index contributed by atoms with van der Waals surface area (Å²) in [5.41, 5.74) is 10.7. The predicted octanol–water partition coefficient (Wildman–Crippen LogP) is 11.5. The van der Waals surface area contributed by atoms with Crippen LogP contribution in [0, 0.1) is 0 Å². The van der Waals surface area contributed by atoms with Crippen LogP contribution < -0.4 is 15.0 Å². The lowest BCUT2D eigenvalue weighted by Gasteiger charge is -2.30. The number of para-hydroxylation sites is 2. The van der Waals surface area contributed by atoms with E-state index in [-0.39, 0.29) is 5.41 Å². The molecule has 0 amide bonds. The van der Waals surface area contributed by atoms with Crippen LogP contribution in [0.15, 0.2) is 146 Å². The van der Waals surface area contributed by atoms with Gasteiger partial charge >= 0.3 is 0 Å². The van der Waals surface area contributed by atoms with Crippen molar-refractivity contribution in [3.05, 3.63) is 157 Å². The van der Waals surface area contributed by atoms with Crippen molar-refractivity contribution in [2.24, 2.45) is 0 Å². The number of fused-ring (bicyclic) bond motifs is 5. The number of anilines is 5. The highest BCUT2D eigenvalue weighted by atomic mass is 16.5. The highest BCUT2D eigenvalue weighted by Crippen LogP contribution is 2.54. The van der Waals surface area contributed by atoms with Crippen molar-refractivity contribution >= 4 is 50.0 Å². The van der Waals surface area contributed by atoms with Crippen LogP contribution in [0.3, 0.4) is 0 Å². The molecule has 0 radical (unpaired) electrons. The highest BCUT2D eigenvalue weighted by Gasteiger charge is 2.36. The van der Waals surface area contributed by atoms with E-state index in [0.29, 0.717) is 0 Å². The van der Waals surface area contributed by atoms with Gasteiger partial charge in [-0.25, -0.2) is 0 Å². The number of nitrogens with zero attached hydrogens (tertiary/aromatic N) is 1. The summed E-state index contributed by atoms with van der Waals surface area (Å²) in [6.45, 7) is 4.70. The molecular formula is C42H34N2O. The second-order valence-corrected chi connectivity index (χ2v) is 12.2. The SMILES string of the molecule is COc1ccc(N(c2ccccc2)c2c3ccccc3c(Nc3ccccc3)c3cc4c(cc23)-c2ccccc2C4(C)C)cc1. The minimum atomic E-state index is -0.120. The number of rotatable bonds is 6. The third-order valence-electron chi connectivity index (χ3n) is 9.31. The minimum Gasteiger partial charge on any atom is -0.497 e. The first-order valence-electron chi connectivity index (χ1n) is 15.5. The van der Waals surface area contributed by atoms with E-state index >= 15 is 0 Å². The molecule has 0 saturated carbocycles. The fourth-order valence-corrected chi connectivity index (χ4v) is 7.11. The summed E-state index contributed by atoms with van der Waals surface area (Å²) < 4.78 is 5.55. The Hall–Kier alpha value is -5.54. The second kappa shape index (κ2) is 10.6. The van der Waals surface area contributed by atoms with Crippen molar-refractivity contribution in [3.63, 3.8) is 0 Å². The first-order chi connectivity index (χ1) is 22.0. The van der Waals surface area contributed by atoms with Crippen LogP contribution in [0.2, 0.25) is 0 Å². The molecule has 8 rings (SSSR count). The third-order valence-corrected chi connectivity index (χ3v) is 9.31. The lowest BCUT2D eigenvalue weighted by Crippen LogP contribution is -2.15. The van der Waals surface area contributed by atoms with Gasteiger partial charge in [0.05, 0.1) is 18.5 Å². The molecule has 1 aliphatic carbocycles. The van der Waals surface area contributed by atoms with E-state index in [0.717, 1.165) is 34.2 Å². The average Bonchev–Trinajstić information content (AvgIpc) is 3.32. The summed E-state index contributed by atoms with van der Waals surface area (Å²) in [6.07, 6.45) is 0. The van der Waals surface area contributed by atoms with Gasteiger partial charge < -0.3 is 15.0 Å². The number of hydrogen-bond acceptors (Lipinski definition) is 3. The van der Waals surface area contributed by atoms with Gasteiger partial charge in [-0.1, -0.05) is 98.8 Å². The number of benzene rings is 7. The van der Waals surface area contributed by atoms with E-state index < -0.39 is 0 Å². The van der Waals surface area contributed by atoms with Gasteiger partial charge in [-0.15, -0.1) is 0 Å². The Bertz CT molecular complexity index is 2190. The molecule has 3 nitrogen and oxygen atoms in total. The zero-order valence-corrected chi connectivity index (χ0v) is 25.7. The van der Waals surface area contributed by atoms with Gasteiger partial charge in [0.25, 0.3) is 0 Å². The molecule has 45 heavy (non-hydrogen) atoms. The Kier molecular flexibility index (Phi) is 6.35. The quantitative estimate of drug-likeness (QED) is 0.156. The first kappa shape index (κ1) is 27.0. The molecule has 0 saturated heterocycles. The maximum atomic E-state index is 5.55. The topological polar surface area (TPSA) is 24.5 Å². The van der Waals surface area contributed by atoms with Crippen molar-refractivity contribution in [1.82, 2.24) is 0 Å². The molecule has 3 heteroatoms. The molecule has 0 fully saturated rings. The Labute approximate surface area is 264 Å². The molecule has 0 aromatic heterocycles. The summed E-state index contributed by atoms with van der Waals surface area (Å²) >= 11 is 0. The highest BCUT2D eigenvalue weighted by molar-refractivity contribution is 6.23. The molecule has 7 aromatic rings. The largest absolute Gasteiger partial charge is 0.497 e. The maximum absolute atomic E-state index is 5.55. The average molecular weight is 583 g/mol. The van der Waals surface area contributed by atoms with Gasteiger partial charge in [-0.2, -0.15) is 0 Å². The van der Waals surface area contributed by atoms with Gasteiger partial charge in [0.15, 0.2) is 0 Å². The Morgan fingerprint density at radius 1 is 0.533 bits per heavy atom. The van der Waals surface area contributed by atoms with Gasteiger partial charge in [0, 0.05) is 44.0 Å². The first-order valence-corrected chi connectivity index (χ1v) is 15.5. The van der Waals surface area contributed by atoms with Gasteiger partial charge in [-0.05, 0) is 82.9 Å². The second-order valence-electron chi connectivity index (χ2n) is 12.2. The zero-order chi connectivity index (χ0) is 30.5. The van der Waals surface area contributed by atoms with E-state index in [9.17, 15) is 0 Å². The van der Waals surface area contributed by atoms with Crippen molar-refractivity contribution < 1.29 is 4.74 Å². The Balaban J connectivity index is 1.52. The molecule has 0 heterocycles. The van der Waals surface area contributed by atoms with Crippen LogP contribution >= 0.6 is 0 Å². The van der Waals surface area contributed by atoms with Crippen molar-refractivity contribution in [2.75, 3.05) is 17.3 Å². The monoisotopic (exact) mass is 582 g/mol. The van der Waals surface area contributed by atoms with Gasteiger partial charge in [0.2, 0.25) is 0 Å². The minimum absolute atomic E-state index is 0.120.